The molecule has 2 unspecified atom stereocenters. The van der Waals surface area contributed by atoms with Crippen molar-refractivity contribution in [3.8, 4) is 17.6 Å². The van der Waals surface area contributed by atoms with Crippen molar-refractivity contribution < 1.29 is 51.5 Å². The van der Waals surface area contributed by atoms with Gasteiger partial charge in [-0.3, -0.25) is 38.8 Å². The standard InChI is InChI=1S/C56H65FN11O13P/c1-30(2)49(70)63-54-62-48-45(50(71)64-54)59-29-67(48)52-44(57)39(40(79-52)28-77-56(34-13-11-10-12-14-34,35-15-19-37(74-7)20-16-35)36-17-21-38(75-8)22-18-36)25-41-60-51(81-65-41)46-43(33(26-58)27-78-82(73)68(31(3)4)32(5)6)47(76-9)53(80-46)66-24-23-42(69)61-55(66)72/h10-24,29-33,39-40,43-44,46-47,52-53,73H,25,27-28H2,1-9H3,(H,61,69,72)(H2,62,63,64,70,71)/t33?,39-,40-,43-,44-,46+,47-,52-,53-,82?/m1/s1. The number of halogens is 1. The summed E-state index contributed by atoms with van der Waals surface area (Å²) in [5.41, 5.74) is -1.68. The number of nitrogens with zero attached hydrogens (tertiary/aromatic N) is 8. The second-order valence-corrected chi connectivity index (χ2v) is 21.9. The molecule has 0 spiro atoms. The Hall–Kier alpha value is -7.53. The number of aromatic amines is 2. The van der Waals surface area contributed by atoms with Gasteiger partial charge in [0.25, 0.3) is 25.5 Å². The zero-order chi connectivity index (χ0) is 58.6. The van der Waals surface area contributed by atoms with E-state index in [1.165, 1.54) is 24.2 Å². The summed E-state index contributed by atoms with van der Waals surface area (Å²) in [5.74, 6) is -3.33. The first kappa shape index (κ1) is 59.1. The van der Waals surface area contributed by atoms with E-state index in [0.717, 1.165) is 10.6 Å². The highest BCUT2D eigenvalue weighted by Crippen LogP contribution is 2.50. The number of aromatic nitrogens is 8. The van der Waals surface area contributed by atoms with Gasteiger partial charge in [0.05, 0.1) is 51.9 Å². The largest absolute Gasteiger partial charge is 0.497 e. The number of carbonyl (C=O) groups is 1. The molecule has 0 bridgehead atoms. The lowest BCUT2D eigenvalue weighted by Crippen LogP contribution is -2.39. The molecule has 2 fully saturated rings. The Morgan fingerprint density at radius 3 is 2.11 bits per heavy atom. The monoisotopic (exact) mass is 1150 g/mol. The molecule has 4 aromatic heterocycles. The van der Waals surface area contributed by atoms with Crippen LogP contribution in [0.3, 0.4) is 0 Å². The first-order valence-corrected chi connectivity index (χ1v) is 27.7. The molecule has 82 heavy (non-hydrogen) atoms. The maximum Gasteiger partial charge on any atom is 0.330 e. The number of benzene rings is 3. The second-order valence-electron chi connectivity index (χ2n) is 20.7. The van der Waals surface area contributed by atoms with Gasteiger partial charge in [0.15, 0.2) is 35.6 Å². The van der Waals surface area contributed by atoms with E-state index in [0.29, 0.717) is 28.2 Å². The van der Waals surface area contributed by atoms with Crippen molar-refractivity contribution in [2.24, 2.45) is 23.7 Å². The Morgan fingerprint density at radius 2 is 1.52 bits per heavy atom. The van der Waals surface area contributed by atoms with E-state index >= 15 is 4.39 Å². The van der Waals surface area contributed by atoms with E-state index in [2.05, 4.69) is 36.5 Å². The maximum absolute atomic E-state index is 18.1. The van der Waals surface area contributed by atoms with Crippen molar-refractivity contribution in [1.82, 2.24) is 43.9 Å². The van der Waals surface area contributed by atoms with Gasteiger partial charge < -0.3 is 42.4 Å². The van der Waals surface area contributed by atoms with Crippen LogP contribution in [0.25, 0.3) is 11.2 Å². The molecule has 2 saturated heterocycles. The molecule has 0 saturated carbocycles. The molecule has 2 aliphatic rings. The Labute approximate surface area is 471 Å². The SMILES string of the molecule is COc1ccc(C(OC[C@H]2O[C@@H](n3cnc4c(=O)[nH]c(NC(=O)C(C)C)nc43)[C@H](F)[C@@H]2Cc2noc([C@H]3O[C@@H](n4ccc(=O)[nH]c4=O)[C@H](OC)[C@@H]3C(C#N)COP(O)N(C(C)C)C(C)C)n2)(c2ccccc2)c2ccc(OC)cc2)cc1. The zero-order valence-electron chi connectivity index (χ0n) is 46.5. The number of hydrogen-bond acceptors (Lipinski definition) is 19. The summed E-state index contributed by atoms with van der Waals surface area (Å²) in [4.78, 5) is 81.4. The fourth-order valence-corrected chi connectivity index (χ4v) is 11.9. The molecule has 4 N–H and O–H groups in total. The summed E-state index contributed by atoms with van der Waals surface area (Å²) in [5, 5.41) is 17.8. The van der Waals surface area contributed by atoms with E-state index in [9.17, 15) is 29.3 Å². The fourth-order valence-electron chi connectivity index (χ4n) is 10.7. The zero-order valence-corrected chi connectivity index (χ0v) is 47.4. The van der Waals surface area contributed by atoms with Crippen LogP contribution in [0.2, 0.25) is 0 Å². The summed E-state index contributed by atoms with van der Waals surface area (Å²) < 4.78 is 71.9. The molecule has 0 radical (unpaired) electrons. The van der Waals surface area contributed by atoms with Crippen LogP contribution in [-0.4, -0.2) is 120 Å². The topological polar surface area (TPSA) is 298 Å². The summed E-state index contributed by atoms with van der Waals surface area (Å²) in [6.07, 6.45) is -5.97. The third-order valence-electron chi connectivity index (χ3n) is 14.7. The number of H-pyrrole nitrogens is 2. The second kappa shape index (κ2) is 25.3. The molecule has 24 nitrogen and oxygen atoms in total. The molecule has 2 aliphatic heterocycles. The van der Waals surface area contributed by atoms with Gasteiger partial charge in [0.1, 0.15) is 29.3 Å². The number of hydrogen-bond donors (Lipinski definition) is 4. The average molecular weight is 1150 g/mol. The summed E-state index contributed by atoms with van der Waals surface area (Å²) in [7, 11) is 2.31. The van der Waals surface area contributed by atoms with Crippen LogP contribution in [-0.2, 0) is 40.3 Å². The first-order chi connectivity index (χ1) is 39.4. The van der Waals surface area contributed by atoms with E-state index in [1.807, 2.05) is 107 Å². The third-order valence-corrected chi connectivity index (χ3v) is 16.4. The molecule has 7 aromatic rings. The van der Waals surface area contributed by atoms with E-state index < -0.39 is 97.5 Å². The molecule has 26 heteroatoms. The number of nitrogens with one attached hydrogen (secondary N) is 3. The number of nitriles is 1. The molecule has 6 heterocycles. The molecule has 3 aromatic carbocycles. The van der Waals surface area contributed by atoms with Gasteiger partial charge in [-0.25, -0.2) is 18.8 Å². The van der Waals surface area contributed by atoms with Crippen molar-refractivity contribution in [1.29, 1.82) is 5.26 Å². The molecular weight excluding hydrogens is 1080 g/mol. The number of fused-ring (bicyclic) bond motifs is 1. The maximum atomic E-state index is 18.1. The number of ether oxygens (including phenoxy) is 6. The Bertz CT molecular complexity index is 3480. The fraction of sp³-hybridized carbons (Fsp3) is 0.446. The number of anilines is 1. The highest BCUT2D eigenvalue weighted by molar-refractivity contribution is 7.43. The van der Waals surface area contributed by atoms with Crippen LogP contribution in [0.5, 0.6) is 11.5 Å². The minimum atomic E-state index is -2.19. The Morgan fingerprint density at radius 1 is 0.878 bits per heavy atom. The number of alkyl halides is 1. The molecule has 0 aliphatic carbocycles. The van der Waals surface area contributed by atoms with Gasteiger partial charge in [-0.05, 0) is 68.7 Å². The van der Waals surface area contributed by atoms with Crippen LogP contribution in [0, 0.1) is 35.0 Å². The molecular formula is C56H65FN11O13P. The third kappa shape index (κ3) is 11.9. The number of amides is 1. The van der Waals surface area contributed by atoms with Crippen LogP contribution < -0.4 is 31.6 Å². The lowest BCUT2D eigenvalue weighted by atomic mass is 9.80. The quantitative estimate of drug-likeness (QED) is 0.0394. The summed E-state index contributed by atoms with van der Waals surface area (Å²) in [6.45, 7) is 10.4. The highest BCUT2D eigenvalue weighted by Gasteiger charge is 2.54. The van der Waals surface area contributed by atoms with Gasteiger partial charge in [0, 0.05) is 55.6 Å². The smallest absolute Gasteiger partial charge is 0.330 e. The summed E-state index contributed by atoms with van der Waals surface area (Å²) >= 11 is 0. The van der Waals surface area contributed by atoms with Gasteiger partial charge in [-0.15, -0.1) is 0 Å². The van der Waals surface area contributed by atoms with E-state index in [-0.39, 0.29) is 60.5 Å². The van der Waals surface area contributed by atoms with Gasteiger partial charge in [0.2, 0.25) is 11.9 Å². The summed E-state index contributed by atoms with van der Waals surface area (Å²) in [6, 6.07) is 27.4. The lowest BCUT2D eigenvalue weighted by molar-refractivity contribution is -0.118. The predicted molar refractivity (Wildman–Crippen MR) is 295 cm³/mol. The van der Waals surface area contributed by atoms with Crippen LogP contribution >= 0.6 is 8.53 Å². The molecule has 1 amide bonds. The van der Waals surface area contributed by atoms with Crippen LogP contribution in [0.1, 0.15) is 88.5 Å². The minimum Gasteiger partial charge on any atom is -0.497 e. The van der Waals surface area contributed by atoms with Crippen molar-refractivity contribution >= 4 is 31.5 Å². The number of rotatable bonds is 23. The van der Waals surface area contributed by atoms with Gasteiger partial charge in [-0.2, -0.15) is 15.2 Å². The lowest BCUT2D eigenvalue weighted by Gasteiger charge is -2.37. The van der Waals surface area contributed by atoms with Gasteiger partial charge in [-0.1, -0.05) is 73.6 Å². The van der Waals surface area contributed by atoms with Crippen LogP contribution in [0.15, 0.2) is 116 Å². The van der Waals surface area contributed by atoms with Crippen LogP contribution in [0.4, 0.5) is 10.3 Å². The average Bonchev–Trinajstić information content (AvgIpc) is 2.84. The van der Waals surface area contributed by atoms with E-state index in [4.69, 9.17) is 42.5 Å². The number of methoxy groups -OCH3 is 3. The van der Waals surface area contributed by atoms with Gasteiger partial charge >= 0.3 is 5.69 Å². The normalized spacial score (nSPS) is 21.8. The Kier molecular flexibility index (Phi) is 18.2. The first-order valence-electron chi connectivity index (χ1n) is 26.6. The minimum absolute atomic E-state index is 0.0191. The molecule has 434 valence electrons. The van der Waals surface area contributed by atoms with Crippen molar-refractivity contribution in [2.45, 2.75) is 103 Å². The predicted octanol–water partition coefficient (Wildman–Crippen LogP) is 6.46. The van der Waals surface area contributed by atoms with Crippen molar-refractivity contribution in [3.63, 3.8) is 0 Å². The van der Waals surface area contributed by atoms with E-state index in [1.54, 1.807) is 32.7 Å². The Balaban J connectivity index is 1.11. The molecule has 9 rings (SSSR count). The number of imidazole rings is 1. The molecule has 10 atom stereocenters. The van der Waals surface area contributed by atoms with Crippen molar-refractivity contribution in [2.75, 3.05) is 39.9 Å². The highest BCUT2D eigenvalue weighted by atomic mass is 31.2. The number of carbonyl (C=O) groups excluding carboxylic acids is 1. The van der Waals surface area contributed by atoms with Crippen molar-refractivity contribution in [3.05, 3.63) is 157 Å².